The van der Waals surface area contributed by atoms with Crippen LogP contribution in [-0.2, 0) is 20.9 Å². The van der Waals surface area contributed by atoms with Gasteiger partial charge in [-0.15, -0.1) is 0 Å². The highest BCUT2D eigenvalue weighted by atomic mass is 16.5. The minimum absolute atomic E-state index is 0.135. The summed E-state index contributed by atoms with van der Waals surface area (Å²) in [5, 5.41) is 14.2. The van der Waals surface area contributed by atoms with Crippen LogP contribution >= 0.6 is 0 Å². The van der Waals surface area contributed by atoms with Crippen molar-refractivity contribution in [2.75, 3.05) is 6.54 Å². The molecule has 0 bridgehead atoms. The standard InChI is InChI=1S/C18H23N3O6/c1-2-14(16(23)24)21-15(22)13(20-17(21)25)9-6-10-19-18(26)27-11-12-7-4-3-5-8-12/h3-5,7-8,13-14H,2,6,9-11H2,1H3,(H,19,26)(H,20,25)(H,23,24). The molecule has 9 nitrogen and oxygen atoms in total. The van der Waals surface area contributed by atoms with Crippen LogP contribution in [0.25, 0.3) is 0 Å². The van der Waals surface area contributed by atoms with Crippen molar-refractivity contribution < 1.29 is 29.0 Å². The summed E-state index contributed by atoms with van der Waals surface area (Å²) in [5.74, 6) is -1.77. The van der Waals surface area contributed by atoms with Gasteiger partial charge in [0.05, 0.1) is 0 Å². The number of nitrogens with one attached hydrogen (secondary N) is 2. The monoisotopic (exact) mass is 377 g/mol. The molecule has 1 aliphatic heterocycles. The Bertz CT molecular complexity index is 694. The zero-order valence-electron chi connectivity index (χ0n) is 15.0. The number of carbonyl (C=O) groups is 4. The molecule has 1 saturated heterocycles. The largest absolute Gasteiger partial charge is 0.480 e. The lowest BCUT2D eigenvalue weighted by Gasteiger charge is -2.19. The van der Waals surface area contributed by atoms with E-state index in [1.807, 2.05) is 30.3 Å². The Labute approximate surface area is 156 Å². The molecule has 1 aromatic rings. The van der Waals surface area contributed by atoms with Gasteiger partial charge in [-0.3, -0.25) is 4.79 Å². The summed E-state index contributed by atoms with van der Waals surface area (Å²) in [6.45, 7) is 2.02. The van der Waals surface area contributed by atoms with Gasteiger partial charge in [-0.25, -0.2) is 19.3 Å². The molecule has 2 unspecified atom stereocenters. The number of ether oxygens (including phenoxy) is 1. The van der Waals surface area contributed by atoms with Gasteiger partial charge in [-0.1, -0.05) is 37.3 Å². The molecule has 1 aliphatic rings. The van der Waals surface area contributed by atoms with E-state index in [2.05, 4.69) is 10.6 Å². The summed E-state index contributed by atoms with van der Waals surface area (Å²) in [6, 6.07) is 6.59. The molecule has 3 N–H and O–H groups in total. The van der Waals surface area contributed by atoms with Crippen molar-refractivity contribution in [1.29, 1.82) is 0 Å². The second kappa shape index (κ2) is 9.56. The van der Waals surface area contributed by atoms with E-state index in [0.29, 0.717) is 6.42 Å². The fourth-order valence-electron chi connectivity index (χ4n) is 2.78. The molecule has 1 aromatic carbocycles. The van der Waals surface area contributed by atoms with E-state index in [9.17, 15) is 19.2 Å². The van der Waals surface area contributed by atoms with E-state index in [-0.39, 0.29) is 26.0 Å². The number of nitrogens with zero attached hydrogens (tertiary/aromatic N) is 1. The predicted molar refractivity (Wildman–Crippen MR) is 94.7 cm³/mol. The second-order valence-corrected chi connectivity index (χ2v) is 6.10. The second-order valence-electron chi connectivity index (χ2n) is 6.10. The van der Waals surface area contributed by atoms with Gasteiger partial charge < -0.3 is 20.5 Å². The predicted octanol–water partition coefficient (Wildman–Crippen LogP) is 1.48. The summed E-state index contributed by atoms with van der Waals surface area (Å²) in [4.78, 5) is 47.8. The number of carboxylic acid groups (broad SMARTS) is 1. The first-order chi connectivity index (χ1) is 12.9. The molecule has 2 atom stereocenters. The Morgan fingerprint density at radius 3 is 2.63 bits per heavy atom. The first-order valence-electron chi connectivity index (χ1n) is 8.75. The van der Waals surface area contributed by atoms with Crippen LogP contribution in [0.5, 0.6) is 0 Å². The minimum Gasteiger partial charge on any atom is -0.480 e. The summed E-state index contributed by atoms with van der Waals surface area (Å²) >= 11 is 0. The number of carbonyl (C=O) groups excluding carboxylic acids is 3. The van der Waals surface area contributed by atoms with Gasteiger partial charge in [-0.05, 0) is 24.8 Å². The molecule has 0 spiro atoms. The van der Waals surface area contributed by atoms with E-state index >= 15 is 0 Å². The number of urea groups is 1. The first-order valence-corrected chi connectivity index (χ1v) is 8.75. The lowest BCUT2D eigenvalue weighted by Crippen LogP contribution is -2.45. The van der Waals surface area contributed by atoms with Crippen molar-refractivity contribution in [3.63, 3.8) is 0 Å². The quantitative estimate of drug-likeness (QED) is 0.442. The highest BCUT2D eigenvalue weighted by Crippen LogP contribution is 2.16. The van der Waals surface area contributed by atoms with Gasteiger partial charge in [0.2, 0.25) is 0 Å². The van der Waals surface area contributed by atoms with Gasteiger partial charge in [0.15, 0.2) is 0 Å². The van der Waals surface area contributed by atoms with E-state index in [1.54, 1.807) is 6.92 Å². The molecule has 0 aliphatic carbocycles. The lowest BCUT2D eigenvalue weighted by atomic mass is 10.1. The molecule has 9 heteroatoms. The van der Waals surface area contributed by atoms with E-state index in [4.69, 9.17) is 9.84 Å². The van der Waals surface area contributed by atoms with Gasteiger partial charge in [0, 0.05) is 6.54 Å². The Hall–Kier alpha value is -3.10. The Morgan fingerprint density at radius 1 is 1.30 bits per heavy atom. The smallest absolute Gasteiger partial charge is 0.407 e. The third-order valence-corrected chi connectivity index (χ3v) is 4.19. The maximum atomic E-state index is 12.3. The third-order valence-electron chi connectivity index (χ3n) is 4.19. The number of carboxylic acids is 1. The first kappa shape index (κ1) is 20.2. The molecular weight excluding hydrogens is 354 g/mol. The highest BCUT2D eigenvalue weighted by Gasteiger charge is 2.43. The maximum absolute atomic E-state index is 12.3. The van der Waals surface area contributed by atoms with Crippen molar-refractivity contribution in [2.45, 2.75) is 44.9 Å². The van der Waals surface area contributed by atoms with Crippen LogP contribution in [0.2, 0.25) is 0 Å². The number of hydrogen-bond donors (Lipinski definition) is 3. The topological polar surface area (TPSA) is 125 Å². The average molecular weight is 377 g/mol. The fourth-order valence-corrected chi connectivity index (χ4v) is 2.78. The number of imide groups is 1. The number of amides is 4. The summed E-state index contributed by atoms with van der Waals surface area (Å²) in [6.07, 6.45) is 0.278. The van der Waals surface area contributed by atoms with Crippen LogP contribution in [0.4, 0.5) is 9.59 Å². The number of aliphatic carboxylic acids is 1. The van der Waals surface area contributed by atoms with Crippen LogP contribution in [0.15, 0.2) is 30.3 Å². The number of rotatable bonds is 9. The van der Waals surface area contributed by atoms with E-state index in [1.165, 1.54) is 0 Å². The zero-order chi connectivity index (χ0) is 19.8. The van der Waals surface area contributed by atoms with Crippen LogP contribution in [0.3, 0.4) is 0 Å². The van der Waals surface area contributed by atoms with E-state index in [0.717, 1.165) is 10.5 Å². The number of benzene rings is 1. The molecule has 0 aromatic heterocycles. The molecule has 4 amide bonds. The Kier molecular flexibility index (Phi) is 7.16. The van der Waals surface area contributed by atoms with Crippen molar-refractivity contribution >= 4 is 24.0 Å². The van der Waals surface area contributed by atoms with Crippen LogP contribution in [-0.4, -0.2) is 52.6 Å². The molecular formula is C18H23N3O6. The van der Waals surface area contributed by atoms with Gasteiger partial charge in [0.25, 0.3) is 5.91 Å². The van der Waals surface area contributed by atoms with Crippen molar-refractivity contribution in [3.05, 3.63) is 35.9 Å². The highest BCUT2D eigenvalue weighted by molar-refractivity contribution is 6.06. The Morgan fingerprint density at radius 2 is 2.00 bits per heavy atom. The van der Waals surface area contributed by atoms with Crippen molar-refractivity contribution in [3.8, 4) is 0 Å². The average Bonchev–Trinajstić information content (AvgIpc) is 2.93. The van der Waals surface area contributed by atoms with Gasteiger partial charge in [0.1, 0.15) is 18.7 Å². The molecule has 1 fully saturated rings. The van der Waals surface area contributed by atoms with Gasteiger partial charge in [-0.2, -0.15) is 0 Å². The zero-order valence-corrected chi connectivity index (χ0v) is 15.0. The number of hydrogen-bond acceptors (Lipinski definition) is 5. The van der Waals surface area contributed by atoms with Crippen LogP contribution in [0, 0.1) is 0 Å². The molecule has 2 rings (SSSR count). The molecule has 0 radical (unpaired) electrons. The number of alkyl carbamates (subject to hydrolysis) is 1. The molecule has 146 valence electrons. The molecule has 27 heavy (non-hydrogen) atoms. The summed E-state index contributed by atoms with van der Waals surface area (Å²) < 4.78 is 5.07. The normalized spacial score (nSPS) is 17.4. The maximum Gasteiger partial charge on any atom is 0.407 e. The fraction of sp³-hybridized carbons (Fsp3) is 0.444. The van der Waals surface area contributed by atoms with Crippen LogP contribution < -0.4 is 10.6 Å². The van der Waals surface area contributed by atoms with Gasteiger partial charge >= 0.3 is 18.1 Å². The van der Waals surface area contributed by atoms with Crippen molar-refractivity contribution in [2.24, 2.45) is 0 Å². The van der Waals surface area contributed by atoms with Crippen molar-refractivity contribution in [1.82, 2.24) is 15.5 Å². The third kappa shape index (κ3) is 5.44. The summed E-state index contributed by atoms with van der Waals surface area (Å²) in [5.41, 5.74) is 0.871. The molecule has 0 saturated carbocycles. The van der Waals surface area contributed by atoms with Crippen LogP contribution in [0.1, 0.15) is 31.7 Å². The SMILES string of the molecule is CCC(C(=O)O)N1C(=O)NC(CCCNC(=O)OCc2ccccc2)C1=O. The van der Waals surface area contributed by atoms with E-state index < -0.39 is 36.1 Å². The summed E-state index contributed by atoms with van der Waals surface area (Å²) in [7, 11) is 0. The lowest BCUT2D eigenvalue weighted by molar-refractivity contribution is -0.146. The minimum atomic E-state index is -1.22. The Balaban J connectivity index is 1.71. The molecule has 1 heterocycles.